The van der Waals surface area contributed by atoms with Crippen molar-refractivity contribution >= 4 is 16.4 Å². The zero-order chi connectivity index (χ0) is 9.61. The standard InChI is InChI=1S/C6H13NO4S/c1-3-4-5-11-7(6-8)12(2,9)10/h6H,3-5H2,1-2H3. The molecule has 6 heteroatoms. The van der Waals surface area contributed by atoms with Gasteiger partial charge in [-0.05, 0) is 6.42 Å². The van der Waals surface area contributed by atoms with Crippen LogP contribution < -0.4 is 0 Å². The van der Waals surface area contributed by atoms with Gasteiger partial charge in [0.25, 0.3) is 10.0 Å². The van der Waals surface area contributed by atoms with Gasteiger partial charge in [-0.2, -0.15) is 0 Å². The second-order valence-electron chi connectivity index (χ2n) is 2.31. The van der Waals surface area contributed by atoms with Gasteiger partial charge in [0.2, 0.25) is 6.41 Å². The Hall–Kier alpha value is -0.620. The summed E-state index contributed by atoms with van der Waals surface area (Å²) >= 11 is 0. The van der Waals surface area contributed by atoms with Crippen LogP contribution in [0, 0.1) is 0 Å². The van der Waals surface area contributed by atoms with E-state index in [1.165, 1.54) is 0 Å². The Kier molecular flexibility index (Phi) is 4.84. The summed E-state index contributed by atoms with van der Waals surface area (Å²) in [7, 11) is -3.55. The second-order valence-corrected chi connectivity index (χ2v) is 4.14. The third kappa shape index (κ3) is 4.30. The quantitative estimate of drug-likeness (QED) is 0.343. The Balaban J connectivity index is 3.94. The molecule has 0 aliphatic rings. The lowest BCUT2D eigenvalue weighted by Crippen LogP contribution is -2.29. The van der Waals surface area contributed by atoms with E-state index in [1.807, 2.05) is 6.92 Å². The summed E-state index contributed by atoms with van der Waals surface area (Å²) in [5.41, 5.74) is 0. The smallest absolute Gasteiger partial charge is 0.257 e. The minimum Gasteiger partial charge on any atom is -0.275 e. The molecular formula is C6H13NO4S. The second kappa shape index (κ2) is 5.10. The first kappa shape index (κ1) is 11.4. The minimum absolute atomic E-state index is 0.144. The molecule has 1 amide bonds. The molecule has 0 bridgehead atoms. The molecular weight excluding hydrogens is 182 g/mol. The van der Waals surface area contributed by atoms with E-state index in [0.29, 0.717) is 4.47 Å². The number of hydroxylamine groups is 1. The zero-order valence-corrected chi connectivity index (χ0v) is 8.00. The molecule has 72 valence electrons. The molecule has 0 aromatic carbocycles. The summed E-state index contributed by atoms with van der Waals surface area (Å²) in [5.74, 6) is 0. The molecule has 0 atom stereocenters. The van der Waals surface area contributed by atoms with Gasteiger partial charge in [-0.3, -0.25) is 9.63 Å². The maximum atomic E-state index is 10.7. The Morgan fingerprint density at radius 3 is 2.42 bits per heavy atom. The van der Waals surface area contributed by atoms with Gasteiger partial charge in [-0.1, -0.05) is 13.3 Å². The lowest BCUT2D eigenvalue weighted by molar-refractivity contribution is -0.143. The Morgan fingerprint density at radius 2 is 2.08 bits per heavy atom. The van der Waals surface area contributed by atoms with Crippen molar-refractivity contribution in [2.24, 2.45) is 0 Å². The van der Waals surface area contributed by atoms with Crippen LogP contribution in [0.15, 0.2) is 0 Å². The number of hydrogen-bond donors (Lipinski definition) is 0. The molecule has 0 spiro atoms. The summed E-state index contributed by atoms with van der Waals surface area (Å²) in [5, 5.41) is 0. The lowest BCUT2D eigenvalue weighted by Gasteiger charge is -2.12. The Bertz CT molecular complexity index is 224. The minimum atomic E-state index is -3.55. The maximum absolute atomic E-state index is 10.7. The predicted octanol–water partition coefficient (Wildman–Crippen LogP) is 0.136. The van der Waals surface area contributed by atoms with Gasteiger partial charge in [0.05, 0.1) is 12.9 Å². The monoisotopic (exact) mass is 195 g/mol. The third-order valence-corrected chi connectivity index (χ3v) is 1.97. The van der Waals surface area contributed by atoms with Crippen LogP contribution in [0.1, 0.15) is 19.8 Å². The van der Waals surface area contributed by atoms with Crippen molar-refractivity contribution in [3.8, 4) is 0 Å². The molecule has 0 aromatic heterocycles. The molecule has 0 N–H and O–H groups in total. The Labute approximate surface area is 72.3 Å². The van der Waals surface area contributed by atoms with Gasteiger partial charge in [-0.25, -0.2) is 8.42 Å². The lowest BCUT2D eigenvalue weighted by atomic mass is 10.4. The first-order valence-electron chi connectivity index (χ1n) is 3.60. The molecule has 0 aliphatic heterocycles. The van der Waals surface area contributed by atoms with Crippen LogP contribution in [-0.2, 0) is 19.7 Å². The molecule has 0 saturated heterocycles. The molecule has 0 rings (SSSR count). The first-order chi connectivity index (χ1) is 5.52. The SMILES string of the molecule is CCCCON(C=O)S(C)(=O)=O. The van der Waals surface area contributed by atoms with Gasteiger partial charge < -0.3 is 0 Å². The summed E-state index contributed by atoms with van der Waals surface area (Å²) < 4.78 is 21.8. The van der Waals surface area contributed by atoms with E-state index in [1.54, 1.807) is 0 Å². The first-order valence-corrected chi connectivity index (χ1v) is 5.44. The highest BCUT2D eigenvalue weighted by atomic mass is 32.2. The van der Waals surface area contributed by atoms with Crippen LogP contribution in [-0.4, -0.2) is 32.2 Å². The van der Waals surface area contributed by atoms with Crippen molar-refractivity contribution in [1.82, 2.24) is 4.47 Å². The normalized spacial score (nSPS) is 11.2. The predicted molar refractivity (Wildman–Crippen MR) is 43.6 cm³/mol. The Morgan fingerprint density at radius 1 is 1.50 bits per heavy atom. The average molecular weight is 195 g/mol. The van der Waals surface area contributed by atoms with Crippen LogP contribution in [0.4, 0.5) is 0 Å². The van der Waals surface area contributed by atoms with Crippen LogP contribution in [0.3, 0.4) is 0 Å². The number of sulfonamides is 1. The van der Waals surface area contributed by atoms with Gasteiger partial charge >= 0.3 is 0 Å². The van der Waals surface area contributed by atoms with Crippen LogP contribution >= 0.6 is 0 Å². The van der Waals surface area contributed by atoms with Gasteiger partial charge in [-0.15, -0.1) is 4.47 Å². The van der Waals surface area contributed by atoms with Gasteiger partial charge in [0, 0.05) is 0 Å². The number of unbranched alkanes of at least 4 members (excludes halogenated alkanes) is 1. The van der Waals surface area contributed by atoms with Crippen LogP contribution in [0.25, 0.3) is 0 Å². The molecule has 0 fully saturated rings. The average Bonchev–Trinajstić information content (AvgIpc) is 1.95. The molecule has 0 aromatic rings. The number of hydrogen-bond acceptors (Lipinski definition) is 4. The highest BCUT2D eigenvalue weighted by Gasteiger charge is 2.13. The van der Waals surface area contributed by atoms with E-state index in [-0.39, 0.29) is 13.0 Å². The molecule has 0 radical (unpaired) electrons. The summed E-state index contributed by atoms with van der Waals surface area (Å²) in [6.45, 7) is 2.18. The number of nitrogens with zero attached hydrogens (tertiary/aromatic N) is 1. The highest BCUT2D eigenvalue weighted by Crippen LogP contribution is 1.97. The molecule has 5 nitrogen and oxygen atoms in total. The van der Waals surface area contributed by atoms with Crippen molar-refractivity contribution in [3.63, 3.8) is 0 Å². The molecule has 0 aliphatic carbocycles. The largest absolute Gasteiger partial charge is 0.275 e. The molecule has 0 unspecified atom stereocenters. The van der Waals surface area contributed by atoms with Crippen molar-refractivity contribution in [2.45, 2.75) is 19.8 Å². The van der Waals surface area contributed by atoms with Crippen molar-refractivity contribution < 1.29 is 18.0 Å². The van der Waals surface area contributed by atoms with Gasteiger partial charge in [0.15, 0.2) is 0 Å². The van der Waals surface area contributed by atoms with Crippen molar-refractivity contribution in [3.05, 3.63) is 0 Å². The fourth-order valence-electron chi connectivity index (χ4n) is 0.503. The zero-order valence-electron chi connectivity index (χ0n) is 7.19. The van der Waals surface area contributed by atoms with E-state index in [4.69, 9.17) is 0 Å². The summed E-state index contributed by atoms with van der Waals surface area (Å²) in [4.78, 5) is 14.8. The van der Waals surface area contributed by atoms with E-state index < -0.39 is 10.0 Å². The third-order valence-electron chi connectivity index (χ3n) is 1.13. The fourth-order valence-corrected chi connectivity index (χ4v) is 0.926. The topological polar surface area (TPSA) is 63.7 Å². The number of rotatable bonds is 6. The van der Waals surface area contributed by atoms with Crippen molar-refractivity contribution in [2.75, 3.05) is 12.9 Å². The number of carbonyl (C=O) groups is 1. The van der Waals surface area contributed by atoms with Gasteiger partial charge in [0.1, 0.15) is 0 Å². The van der Waals surface area contributed by atoms with E-state index in [9.17, 15) is 13.2 Å². The fraction of sp³-hybridized carbons (Fsp3) is 0.833. The summed E-state index contributed by atoms with van der Waals surface area (Å²) in [6, 6.07) is 0. The van der Waals surface area contributed by atoms with Crippen LogP contribution in [0.2, 0.25) is 0 Å². The van der Waals surface area contributed by atoms with E-state index in [0.717, 1.165) is 19.1 Å². The van der Waals surface area contributed by atoms with Crippen LogP contribution in [0.5, 0.6) is 0 Å². The number of amides is 1. The highest BCUT2D eigenvalue weighted by molar-refractivity contribution is 7.88. The van der Waals surface area contributed by atoms with Crippen molar-refractivity contribution in [1.29, 1.82) is 0 Å². The maximum Gasteiger partial charge on any atom is 0.257 e. The number of carbonyl (C=O) groups excluding carboxylic acids is 1. The summed E-state index contributed by atoms with van der Waals surface area (Å²) in [6.07, 6.45) is 2.66. The van der Waals surface area contributed by atoms with E-state index in [2.05, 4.69) is 4.84 Å². The molecule has 12 heavy (non-hydrogen) atoms. The molecule has 0 saturated carbocycles. The molecule has 0 heterocycles. The van der Waals surface area contributed by atoms with E-state index >= 15 is 0 Å².